The lowest BCUT2D eigenvalue weighted by atomic mass is 10.1. The second kappa shape index (κ2) is 5.35. The summed E-state index contributed by atoms with van der Waals surface area (Å²) in [6.45, 7) is 1.76. The zero-order valence-electron chi connectivity index (χ0n) is 10.4. The molecule has 1 aromatic rings. The Hall–Kier alpha value is -1.33. The van der Waals surface area contributed by atoms with Crippen molar-refractivity contribution in [1.29, 1.82) is 0 Å². The van der Waals surface area contributed by atoms with Crippen LogP contribution in [-0.2, 0) is 4.84 Å². The highest BCUT2D eigenvalue weighted by Gasteiger charge is 2.21. The molecular weight excluding hydrogens is 308 g/mol. The van der Waals surface area contributed by atoms with E-state index >= 15 is 0 Å². The van der Waals surface area contributed by atoms with Crippen molar-refractivity contribution in [2.45, 2.75) is 18.9 Å². The first-order valence-electron chi connectivity index (χ1n) is 6.42. The van der Waals surface area contributed by atoms with Gasteiger partial charge in [-0.3, -0.25) is 15.1 Å². The minimum absolute atomic E-state index is 0.106. The average molecular weight is 323 g/mol. The summed E-state index contributed by atoms with van der Waals surface area (Å²) in [6.07, 6.45) is 4.07. The molecule has 0 radical (unpaired) electrons. The van der Waals surface area contributed by atoms with E-state index in [4.69, 9.17) is 4.84 Å². The molecular formula is C14H15BrN2O2. The predicted molar refractivity (Wildman–Crippen MR) is 75.6 cm³/mol. The second-order valence-electron chi connectivity index (χ2n) is 4.78. The van der Waals surface area contributed by atoms with Crippen LogP contribution in [0.25, 0.3) is 0 Å². The molecule has 0 spiro atoms. The minimum atomic E-state index is -0.106. The monoisotopic (exact) mass is 322 g/mol. The highest BCUT2D eigenvalue weighted by molar-refractivity contribution is 9.11. The van der Waals surface area contributed by atoms with Crippen molar-refractivity contribution < 1.29 is 9.63 Å². The summed E-state index contributed by atoms with van der Waals surface area (Å²) in [5, 5.41) is 0. The van der Waals surface area contributed by atoms with Crippen LogP contribution in [0.15, 0.2) is 34.9 Å². The van der Waals surface area contributed by atoms with Crippen LogP contribution < -0.4 is 5.48 Å². The van der Waals surface area contributed by atoms with Gasteiger partial charge in [-0.05, 0) is 52.5 Å². The molecule has 0 aromatic heterocycles. The summed E-state index contributed by atoms with van der Waals surface area (Å²) in [5.74, 6) is 0.131. The Balaban J connectivity index is 1.73. The molecule has 19 heavy (non-hydrogen) atoms. The van der Waals surface area contributed by atoms with E-state index in [0.29, 0.717) is 0 Å². The van der Waals surface area contributed by atoms with E-state index in [1.807, 2.05) is 35.2 Å². The van der Waals surface area contributed by atoms with Gasteiger partial charge in [0, 0.05) is 18.7 Å². The highest BCUT2D eigenvalue weighted by Crippen LogP contribution is 2.26. The molecule has 1 fully saturated rings. The molecule has 2 heterocycles. The third-order valence-corrected chi connectivity index (χ3v) is 3.89. The van der Waals surface area contributed by atoms with E-state index in [9.17, 15) is 4.79 Å². The van der Waals surface area contributed by atoms with E-state index in [1.54, 1.807) is 0 Å². The first-order valence-corrected chi connectivity index (χ1v) is 7.21. The molecule has 3 rings (SSSR count). The number of hydrogen-bond acceptors (Lipinski definition) is 3. The van der Waals surface area contributed by atoms with Crippen LogP contribution in [0.3, 0.4) is 0 Å². The molecule has 1 amide bonds. The maximum atomic E-state index is 12.2. The lowest BCUT2D eigenvalue weighted by Gasteiger charge is -2.15. The summed E-state index contributed by atoms with van der Waals surface area (Å²) in [6, 6.07) is 7.63. The largest absolute Gasteiger partial charge is 0.339 e. The summed E-state index contributed by atoms with van der Waals surface area (Å²) in [5.41, 5.74) is 4.53. The summed E-state index contributed by atoms with van der Waals surface area (Å²) >= 11 is 3.32. The van der Waals surface area contributed by atoms with Crippen LogP contribution in [0.4, 0.5) is 0 Å². The summed E-state index contributed by atoms with van der Waals surface area (Å²) in [4.78, 5) is 19.5. The highest BCUT2D eigenvalue weighted by atomic mass is 79.9. The van der Waals surface area contributed by atoms with Crippen molar-refractivity contribution in [1.82, 2.24) is 10.4 Å². The van der Waals surface area contributed by atoms with Crippen molar-refractivity contribution in [3.8, 4) is 0 Å². The van der Waals surface area contributed by atoms with Gasteiger partial charge in [0.05, 0.1) is 0 Å². The molecule has 2 aliphatic rings. The molecule has 0 bridgehead atoms. The molecule has 5 heteroatoms. The number of nitrogens with zero attached hydrogens (tertiary/aromatic N) is 1. The molecule has 1 N–H and O–H groups in total. The molecule has 4 nitrogen and oxygen atoms in total. The van der Waals surface area contributed by atoms with Crippen LogP contribution in [0.2, 0.25) is 0 Å². The fourth-order valence-corrected chi connectivity index (χ4v) is 2.74. The van der Waals surface area contributed by atoms with Crippen LogP contribution >= 0.6 is 15.9 Å². The minimum Gasteiger partial charge on any atom is -0.339 e. The maximum absolute atomic E-state index is 12.2. The van der Waals surface area contributed by atoms with E-state index < -0.39 is 0 Å². The number of carbonyl (C=O) groups is 1. The van der Waals surface area contributed by atoms with Crippen LogP contribution in [0.5, 0.6) is 0 Å². The van der Waals surface area contributed by atoms with Crippen LogP contribution in [0, 0.1) is 0 Å². The van der Waals surface area contributed by atoms with Crippen LogP contribution in [-0.4, -0.2) is 23.9 Å². The van der Waals surface area contributed by atoms with Crippen molar-refractivity contribution in [2.24, 2.45) is 0 Å². The topological polar surface area (TPSA) is 41.6 Å². The van der Waals surface area contributed by atoms with Gasteiger partial charge in [-0.1, -0.05) is 12.1 Å². The average Bonchev–Trinajstić information content (AvgIpc) is 3.09. The Morgan fingerprint density at radius 1 is 1.26 bits per heavy atom. The van der Waals surface area contributed by atoms with Gasteiger partial charge in [0.2, 0.25) is 0 Å². The third-order valence-electron chi connectivity index (χ3n) is 3.46. The van der Waals surface area contributed by atoms with Gasteiger partial charge in [0.25, 0.3) is 5.91 Å². The van der Waals surface area contributed by atoms with Gasteiger partial charge in [0.1, 0.15) is 10.7 Å². The fourth-order valence-electron chi connectivity index (χ4n) is 2.40. The van der Waals surface area contributed by atoms with Crippen molar-refractivity contribution >= 4 is 21.8 Å². The molecule has 1 saturated heterocycles. The smallest absolute Gasteiger partial charge is 0.253 e. The number of benzene rings is 1. The predicted octanol–water partition coefficient (Wildman–Crippen LogP) is 2.73. The molecule has 0 saturated carbocycles. The van der Waals surface area contributed by atoms with Gasteiger partial charge < -0.3 is 4.90 Å². The number of amides is 1. The fraction of sp³-hybridized carbons (Fsp3) is 0.357. The van der Waals surface area contributed by atoms with Crippen molar-refractivity contribution in [3.05, 3.63) is 46.1 Å². The SMILES string of the molecule is O=C(c1ccc(C2C=C(Br)NO2)cc1)N1CCCC1. The Kier molecular flexibility index (Phi) is 3.57. The molecule has 2 aliphatic heterocycles. The summed E-state index contributed by atoms with van der Waals surface area (Å²) < 4.78 is 0.828. The van der Waals surface area contributed by atoms with E-state index in [2.05, 4.69) is 21.4 Å². The van der Waals surface area contributed by atoms with Crippen molar-refractivity contribution in [3.63, 3.8) is 0 Å². The Bertz CT molecular complexity index is 507. The van der Waals surface area contributed by atoms with Crippen LogP contribution in [0.1, 0.15) is 34.9 Å². The number of hydroxylamine groups is 1. The maximum Gasteiger partial charge on any atom is 0.253 e. The number of hydrogen-bond donors (Lipinski definition) is 1. The van der Waals surface area contributed by atoms with Gasteiger partial charge in [-0.2, -0.15) is 0 Å². The number of carbonyl (C=O) groups excluding carboxylic acids is 1. The lowest BCUT2D eigenvalue weighted by molar-refractivity contribution is 0.0457. The van der Waals surface area contributed by atoms with Crippen molar-refractivity contribution in [2.75, 3.05) is 13.1 Å². The normalized spacial score (nSPS) is 22.3. The second-order valence-corrected chi connectivity index (χ2v) is 5.63. The van der Waals surface area contributed by atoms with E-state index in [-0.39, 0.29) is 12.0 Å². The molecule has 0 aliphatic carbocycles. The van der Waals surface area contributed by atoms with Gasteiger partial charge in [-0.15, -0.1) is 0 Å². The number of likely N-dealkylation sites (tertiary alicyclic amines) is 1. The first kappa shape index (κ1) is 12.7. The Labute approximate surface area is 120 Å². The molecule has 100 valence electrons. The zero-order chi connectivity index (χ0) is 13.2. The Morgan fingerprint density at radius 2 is 1.95 bits per heavy atom. The van der Waals surface area contributed by atoms with Gasteiger partial charge >= 0.3 is 0 Å². The van der Waals surface area contributed by atoms with Gasteiger partial charge in [-0.25, -0.2) is 0 Å². The number of nitrogens with one attached hydrogen (secondary N) is 1. The molecule has 1 unspecified atom stereocenters. The first-order chi connectivity index (χ1) is 9.24. The molecule has 1 aromatic carbocycles. The van der Waals surface area contributed by atoms with Gasteiger partial charge in [0.15, 0.2) is 0 Å². The van der Waals surface area contributed by atoms with E-state index in [0.717, 1.165) is 41.7 Å². The number of halogens is 1. The molecule has 1 atom stereocenters. The zero-order valence-corrected chi connectivity index (χ0v) is 12.0. The standard InChI is InChI=1S/C14H15BrN2O2/c15-13-9-12(19-16-13)10-3-5-11(6-4-10)14(18)17-7-1-2-8-17/h3-6,9,12,16H,1-2,7-8H2. The Morgan fingerprint density at radius 3 is 2.53 bits per heavy atom. The summed E-state index contributed by atoms with van der Waals surface area (Å²) in [7, 11) is 0. The van der Waals surface area contributed by atoms with E-state index in [1.165, 1.54) is 0 Å². The lowest BCUT2D eigenvalue weighted by Crippen LogP contribution is -2.27. The third kappa shape index (κ3) is 2.67. The quantitative estimate of drug-likeness (QED) is 0.851. The number of rotatable bonds is 2.